The molecule has 0 aliphatic carbocycles. The standard InChI is InChI=1S/C9H16/c1-5-8(4)9(6-2)7-3/h5-6,8-9H,1-2,7H2,3-4H3. The van der Waals surface area contributed by atoms with Crippen LogP contribution in [-0.4, -0.2) is 0 Å². The van der Waals surface area contributed by atoms with E-state index in [9.17, 15) is 0 Å². The summed E-state index contributed by atoms with van der Waals surface area (Å²) in [7, 11) is 0. The van der Waals surface area contributed by atoms with Crippen molar-refractivity contribution in [2.75, 3.05) is 0 Å². The molecule has 0 heterocycles. The maximum absolute atomic E-state index is 3.75. The van der Waals surface area contributed by atoms with Gasteiger partial charge in [-0.2, -0.15) is 0 Å². The lowest BCUT2D eigenvalue weighted by Gasteiger charge is -2.13. The second-order valence-electron chi connectivity index (χ2n) is 2.40. The van der Waals surface area contributed by atoms with Crippen LogP contribution in [0.15, 0.2) is 25.3 Å². The number of hydrogen-bond acceptors (Lipinski definition) is 0. The Bertz CT molecular complexity index is 92.2. The molecule has 0 aromatic carbocycles. The molecule has 0 bridgehead atoms. The highest BCUT2D eigenvalue weighted by molar-refractivity contribution is 4.89. The van der Waals surface area contributed by atoms with Gasteiger partial charge in [-0.3, -0.25) is 0 Å². The smallest absolute Gasteiger partial charge is 0.0179 e. The largest absolute Gasteiger partial charge is 0.103 e. The van der Waals surface area contributed by atoms with Crippen LogP contribution in [0.25, 0.3) is 0 Å². The van der Waals surface area contributed by atoms with Crippen molar-refractivity contribution in [3.8, 4) is 0 Å². The van der Waals surface area contributed by atoms with E-state index in [1.54, 1.807) is 0 Å². The monoisotopic (exact) mass is 124 g/mol. The molecule has 0 aliphatic heterocycles. The molecule has 2 unspecified atom stereocenters. The lowest BCUT2D eigenvalue weighted by atomic mass is 9.92. The third-order valence-corrected chi connectivity index (χ3v) is 1.82. The van der Waals surface area contributed by atoms with Crippen molar-refractivity contribution in [1.82, 2.24) is 0 Å². The van der Waals surface area contributed by atoms with Crippen LogP contribution >= 0.6 is 0 Å². The highest BCUT2D eigenvalue weighted by Gasteiger charge is 2.06. The molecule has 0 rings (SSSR count). The normalized spacial score (nSPS) is 16.2. The summed E-state index contributed by atoms with van der Waals surface area (Å²) in [6.07, 6.45) is 5.15. The third kappa shape index (κ3) is 2.50. The Morgan fingerprint density at radius 2 is 1.89 bits per heavy atom. The van der Waals surface area contributed by atoms with Gasteiger partial charge < -0.3 is 0 Å². The van der Waals surface area contributed by atoms with Crippen LogP contribution < -0.4 is 0 Å². The van der Waals surface area contributed by atoms with Crippen LogP contribution in [0, 0.1) is 11.8 Å². The topological polar surface area (TPSA) is 0 Å². The molecule has 0 heteroatoms. The Hall–Kier alpha value is -0.520. The second kappa shape index (κ2) is 4.37. The van der Waals surface area contributed by atoms with Crippen LogP contribution in [0.1, 0.15) is 20.3 Å². The number of rotatable bonds is 4. The van der Waals surface area contributed by atoms with Crippen LogP contribution in [0.5, 0.6) is 0 Å². The SMILES string of the molecule is C=CC(C)C(C=C)CC. The van der Waals surface area contributed by atoms with E-state index in [0.29, 0.717) is 11.8 Å². The van der Waals surface area contributed by atoms with Crippen LogP contribution in [-0.2, 0) is 0 Å². The van der Waals surface area contributed by atoms with Crippen LogP contribution in [0.4, 0.5) is 0 Å². The molecule has 52 valence electrons. The van der Waals surface area contributed by atoms with Crippen molar-refractivity contribution < 1.29 is 0 Å². The van der Waals surface area contributed by atoms with Crippen molar-refractivity contribution in [2.45, 2.75) is 20.3 Å². The molecule has 0 aromatic heterocycles. The van der Waals surface area contributed by atoms with Gasteiger partial charge in [0.15, 0.2) is 0 Å². The minimum Gasteiger partial charge on any atom is -0.103 e. The molecular weight excluding hydrogens is 108 g/mol. The van der Waals surface area contributed by atoms with Gasteiger partial charge >= 0.3 is 0 Å². The Morgan fingerprint density at radius 1 is 1.33 bits per heavy atom. The highest BCUT2D eigenvalue weighted by Crippen LogP contribution is 2.16. The summed E-state index contributed by atoms with van der Waals surface area (Å²) in [6, 6.07) is 0. The summed E-state index contributed by atoms with van der Waals surface area (Å²) >= 11 is 0. The van der Waals surface area contributed by atoms with Gasteiger partial charge in [0.25, 0.3) is 0 Å². The number of hydrogen-bond donors (Lipinski definition) is 0. The summed E-state index contributed by atoms with van der Waals surface area (Å²) in [5.74, 6) is 1.19. The van der Waals surface area contributed by atoms with Gasteiger partial charge in [0, 0.05) is 0 Å². The third-order valence-electron chi connectivity index (χ3n) is 1.82. The molecule has 0 aromatic rings. The van der Waals surface area contributed by atoms with Gasteiger partial charge in [0.05, 0.1) is 0 Å². The summed E-state index contributed by atoms with van der Waals surface area (Å²) in [5, 5.41) is 0. The average Bonchev–Trinajstić information content (AvgIpc) is 1.90. The summed E-state index contributed by atoms with van der Waals surface area (Å²) in [5.41, 5.74) is 0. The summed E-state index contributed by atoms with van der Waals surface area (Å²) in [4.78, 5) is 0. The predicted octanol–water partition coefficient (Wildman–Crippen LogP) is 3.02. The van der Waals surface area contributed by atoms with Crippen molar-refractivity contribution in [2.24, 2.45) is 11.8 Å². The summed E-state index contributed by atoms with van der Waals surface area (Å²) in [6.45, 7) is 11.8. The second-order valence-corrected chi connectivity index (χ2v) is 2.40. The van der Waals surface area contributed by atoms with Gasteiger partial charge in [0.2, 0.25) is 0 Å². The lowest BCUT2D eigenvalue weighted by Crippen LogP contribution is -2.03. The first-order valence-electron chi connectivity index (χ1n) is 3.51. The Morgan fingerprint density at radius 3 is 2.00 bits per heavy atom. The molecule has 0 N–H and O–H groups in total. The molecule has 0 radical (unpaired) electrons. The van der Waals surface area contributed by atoms with Crippen molar-refractivity contribution in [3.63, 3.8) is 0 Å². The molecule has 0 saturated heterocycles. The number of allylic oxidation sites excluding steroid dienone is 2. The van der Waals surface area contributed by atoms with Gasteiger partial charge in [-0.1, -0.05) is 26.0 Å². The zero-order valence-corrected chi connectivity index (χ0v) is 6.43. The zero-order chi connectivity index (χ0) is 7.28. The lowest BCUT2D eigenvalue weighted by molar-refractivity contribution is 0.499. The molecule has 0 spiro atoms. The van der Waals surface area contributed by atoms with Gasteiger partial charge in [-0.15, -0.1) is 13.2 Å². The maximum Gasteiger partial charge on any atom is -0.0179 e. The average molecular weight is 124 g/mol. The molecule has 2 atom stereocenters. The molecule has 9 heavy (non-hydrogen) atoms. The zero-order valence-electron chi connectivity index (χ0n) is 6.43. The molecule has 0 nitrogen and oxygen atoms in total. The van der Waals surface area contributed by atoms with Gasteiger partial charge in [-0.25, -0.2) is 0 Å². The van der Waals surface area contributed by atoms with Crippen molar-refractivity contribution >= 4 is 0 Å². The van der Waals surface area contributed by atoms with E-state index >= 15 is 0 Å². The Labute approximate surface area is 58.3 Å². The fraction of sp³-hybridized carbons (Fsp3) is 0.556. The van der Waals surface area contributed by atoms with Crippen LogP contribution in [0.2, 0.25) is 0 Å². The minimum atomic E-state index is 0.576. The van der Waals surface area contributed by atoms with E-state index in [1.807, 2.05) is 12.2 Å². The first-order valence-corrected chi connectivity index (χ1v) is 3.51. The minimum absolute atomic E-state index is 0.576. The first kappa shape index (κ1) is 8.48. The quantitative estimate of drug-likeness (QED) is 0.505. The highest BCUT2D eigenvalue weighted by atomic mass is 14.1. The van der Waals surface area contributed by atoms with Gasteiger partial charge in [-0.05, 0) is 18.3 Å². The molecule has 0 fully saturated rings. The fourth-order valence-corrected chi connectivity index (χ4v) is 0.928. The van der Waals surface area contributed by atoms with E-state index in [-0.39, 0.29) is 0 Å². The van der Waals surface area contributed by atoms with Gasteiger partial charge in [0.1, 0.15) is 0 Å². The van der Waals surface area contributed by atoms with Crippen molar-refractivity contribution in [3.05, 3.63) is 25.3 Å². The Balaban J connectivity index is 3.77. The first-order chi connectivity index (χ1) is 4.26. The predicted molar refractivity (Wildman–Crippen MR) is 43.3 cm³/mol. The van der Waals surface area contributed by atoms with E-state index in [4.69, 9.17) is 0 Å². The maximum atomic E-state index is 3.75. The fourth-order valence-electron chi connectivity index (χ4n) is 0.928. The molecular formula is C9H16. The molecule has 0 aliphatic rings. The molecule has 0 saturated carbocycles. The van der Waals surface area contributed by atoms with Crippen LogP contribution in [0.3, 0.4) is 0 Å². The van der Waals surface area contributed by atoms with Crippen molar-refractivity contribution in [1.29, 1.82) is 0 Å². The molecule has 0 amide bonds. The van der Waals surface area contributed by atoms with E-state index in [1.165, 1.54) is 0 Å². The van der Waals surface area contributed by atoms with E-state index in [2.05, 4.69) is 27.0 Å². The van der Waals surface area contributed by atoms with E-state index < -0.39 is 0 Å². The summed E-state index contributed by atoms with van der Waals surface area (Å²) < 4.78 is 0. The Kier molecular flexibility index (Phi) is 4.12. The van der Waals surface area contributed by atoms with E-state index in [0.717, 1.165) is 6.42 Å².